The van der Waals surface area contributed by atoms with Crippen molar-refractivity contribution in [2.75, 3.05) is 0 Å². The zero-order valence-corrected chi connectivity index (χ0v) is 7.02. The van der Waals surface area contributed by atoms with Gasteiger partial charge in [-0.25, -0.2) is 0 Å². The van der Waals surface area contributed by atoms with Crippen molar-refractivity contribution < 1.29 is 9.53 Å². The topological polar surface area (TPSA) is 26.3 Å². The van der Waals surface area contributed by atoms with Gasteiger partial charge < -0.3 is 4.74 Å². The summed E-state index contributed by atoms with van der Waals surface area (Å²) in [6, 6.07) is 0. The summed E-state index contributed by atoms with van der Waals surface area (Å²) in [7, 11) is 0. The van der Waals surface area contributed by atoms with Crippen LogP contribution in [0.1, 0.15) is 27.7 Å². The first-order chi connectivity index (χ1) is 4.33. The van der Waals surface area contributed by atoms with Crippen molar-refractivity contribution in [2.24, 2.45) is 0 Å². The quantitative estimate of drug-likeness (QED) is 0.435. The molecule has 0 rings (SSSR count). The molecule has 0 aliphatic carbocycles. The van der Waals surface area contributed by atoms with Crippen molar-refractivity contribution in [3.63, 3.8) is 0 Å². The molecule has 58 valence electrons. The Morgan fingerprint density at radius 1 is 1.40 bits per heavy atom. The van der Waals surface area contributed by atoms with Crippen LogP contribution in [0.3, 0.4) is 0 Å². The van der Waals surface area contributed by atoms with Gasteiger partial charge >= 0.3 is 0 Å². The van der Waals surface area contributed by atoms with Gasteiger partial charge in [-0.2, -0.15) is 0 Å². The van der Waals surface area contributed by atoms with Crippen LogP contribution in [0.4, 0.5) is 0 Å². The number of allylic oxidation sites excluding steroid dienone is 1. The van der Waals surface area contributed by atoms with Crippen molar-refractivity contribution in [1.82, 2.24) is 0 Å². The first-order valence-corrected chi connectivity index (χ1v) is 3.22. The molecule has 0 aromatic rings. The Morgan fingerprint density at radius 3 is 1.90 bits per heavy atom. The predicted molar refractivity (Wildman–Crippen MR) is 40.7 cm³/mol. The Labute approximate surface area is 61.9 Å². The van der Waals surface area contributed by atoms with Gasteiger partial charge in [-0.3, -0.25) is 4.79 Å². The Morgan fingerprint density at radius 2 is 1.80 bits per heavy atom. The van der Waals surface area contributed by atoms with Crippen molar-refractivity contribution in [3.05, 3.63) is 12.3 Å². The molecule has 2 nitrogen and oxygen atoms in total. The van der Waals surface area contributed by atoms with E-state index < -0.39 is 0 Å². The molecule has 0 atom stereocenters. The molecule has 0 bridgehead atoms. The fourth-order valence-corrected chi connectivity index (χ4v) is 0.441. The second-order valence-corrected chi connectivity index (χ2v) is 3.19. The third-order valence-corrected chi connectivity index (χ3v) is 0.822. The molecule has 0 heterocycles. The molecule has 0 N–H and O–H groups in total. The van der Waals surface area contributed by atoms with Gasteiger partial charge in [-0.05, 0) is 20.8 Å². The standard InChI is InChI=1S/C8H14O2/c1-6(9)7(2)10-8(3,4)5/h2H2,1,3-5H3. The zero-order valence-electron chi connectivity index (χ0n) is 7.02. The van der Waals surface area contributed by atoms with Crippen molar-refractivity contribution in [2.45, 2.75) is 33.3 Å². The molecule has 0 aromatic carbocycles. The van der Waals surface area contributed by atoms with Crippen LogP contribution in [0, 0.1) is 0 Å². The molecule has 2 heteroatoms. The number of ketones is 1. The van der Waals surface area contributed by atoms with E-state index in [2.05, 4.69) is 6.58 Å². The van der Waals surface area contributed by atoms with Crippen molar-refractivity contribution in [3.8, 4) is 0 Å². The fourth-order valence-electron chi connectivity index (χ4n) is 0.441. The lowest BCUT2D eigenvalue weighted by atomic mass is 10.2. The zero-order chi connectivity index (χ0) is 8.36. The van der Waals surface area contributed by atoms with E-state index in [0.717, 1.165) is 0 Å². The summed E-state index contributed by atoms with van der Waals surface area (Å²) in [5.74, 6) is 0.113. The largest absolute Gasteiger partial charge is 0.485 e. The summed E-state index contributed by atoms with van der Waals surface area (Å²) in [6.07, 6.45) is 0. The van der Waals surface area contributed by atoms with Crippen LogP contribution < -0.4 is 0 Å². The number of rotatable bonds is 2. The Balaban J connectivity index is 3.93. The average Bonchev–Trinajstić information content (AvgIpc) is 1.60. The molecule has 0 aliphatic heterocycles. The van der Waals surface area contributed by atoms with Gasteiger partial charge in [0.25, 0.3) is 0 Å². The minimum absolute atomic E-state index is 0.116. The third kappa shape index (κ3) is 4.13. The minimum atomic E-state index is -0.317. The van der Waals surface area contributed by atoms with Crippen LogP contribution >= 0.6 is 0 Å². The number of ether oxygens (including phenoxy) is 1. The maximum Gasteiger partial charge on any atom is 0.193 e. The lowest BCUT2D eigenvalue weighted by molar-refractivity contribution is -0.119. The van der Waals surface area contributed by atoms with Crippen LogP contribution in [0.2, 0.25) is 0 Å². The molecular weight excluding hydrogens is 128 g/mol. The number of Topliss-reactive ketones (excluding diaryl/α,β-unsaturated/α-hetero) is 1. The Kier molecular flexibility index (Phi) is 2.64. The van der Waals surface area contributed by atoms with Crippen molar-refractivity contribution >= 4 is 5.78 Å². The van der Waals surface area contributed by atoms with E-state index in [0.29, 0.717) is 0 Å². The monoisotopic (exact) mass is 142 g/mol. The number of hydrogen-bond acceptors (Lipinski definition) is 2. The summed E-state index contributed by atoms with van der Waals surface area (Å²) in [4.78, 5) is 10.6. The van der Waals surface area contributed by atoms with E-state index in [1.807, 2.05) is 20.8 Å². The lowest BCUT2D eigenvalue weighted by Gasteiger charge is -2.21. The molecule has 0 fully saturated rings. The summed E-state index contributed by atoms with van der Waals surface area (Å²) < 4.78 is 5.16. The molecule has 0 spiro atoms. The smallest absolute Gasteiger partial charge is 0.193 e. The Hall–Kier alpha value is -0.790. The third-order valence-electron chi connectivity index (χ3n) is 0.822. The highest BCUT2D eigenvalue weighted by Gasteiger charge is 2.14. The summed E-state index contributed by atoms with van der Waals surface area (Å²) >= 11 is 0. The van der Waals surface area contributed by atoms with E-state index in [1.165, 1.54) is 6.92 Å². The maximum atomic E-state index is 10.6. The van der Waals surface area contributed by atoms with Gasteiger partial charge in [-0.15, -0.1) is 0 Å². The number of carbonyl (C=O) groups is 1. The summed E-state index contributed by atoms with van der Waals surface area (Å²) in [5.41, 5.74) is -0.317. The highest BCUT2D eigenvalue weighted by atomic mass is 16.5. The van der Waals surface area contributed by atoms with Gasteiger partial charge in [0, 0.05) is 6.92 Å². The first kappa shape index (κ1) is 9.21. The molecule has 0 aromatic heterocycles. The van der Waals surface area contributed by atoms with Crippen LogP contribution in [-0.4, -0.2) is 11.4 Å². The highest BCUT2D eigenvalue weighted by molar-refractivity contribution is 5.90. The first-order valence-electron chi connectivity index (χ1n) is 3.22. The lowest BCUT2D eigenvalue weighted by Crippen LogP contribution is -2.20. The van der Waals surface area contributed by atoms with E-state index in [-0.39, 0.29) is 17.1 Å². The molecular formula is C8H14O2. The molecule has 0 aliphatic rings. The second kappa shape index (κ2) is 2.86. The molecule has 0 saturated heterocycles. The van der Waals surface area contributed by atoms with Crippen LogP contribution in [0.5, 0.6) is 0 Å². The van der Waals surface area contributed by atoms with Crippen LogP contribution in [0.15, 0.2) is 12.3 Å². The highest BCUT2D eigenvalue weighted by Crippen LogP contribution is 2.12. The molecule has 0 unspecified atom stereocenters. The van der Waals surface area contributed by atoms with Gasteiger partial charge in [0.2, 0.25) is 0 Å². The van der Waals surface area contributed by atoms with Crippen molar-refractivity contribution in [1.29, 1.82) is 0 Å². The predicted octanol–water partition coefficient (Wildman–Crippen LogP) is 1.90. The number of carbonyl (C=O) groups excluding carboxylic acids is 1. The van der Waals surface area contributed by atoms with Crippen LogP contribution in [-0.2, 0) is 9.53 Å². The molecule has 0 saturated carbocycles. The molecule has 0 amide bonds. The van der Waals surface area contributed by atoms with E-state index in [1.54, 1.807) is 0 Å². The van der Waals surface area contributed by atoms with Gasteiger partial charge in [0.1, 0.15) is 5.60 Å². The molecule has 0 radical (unpaired) electrons. The van der Waals surface area contributed by atoms with Gasteiger partial charge in [0.15, 0.2) is 11.5 Å². The summed E-state index contributed by atoms with van der Waals surface area (Å²) in [5, 5.41) is 0. The fraction of sp³-hybridized carbons (Fsp3) is 0.625. The number of hydrogen-bond donors (Lipinski definition) is 0. The molecule has 10 heavy (non-hydrogen) atoms. The second-order valence-electron chi connectivity index (χ2n) is 3.19. The van der Waals surface area contributed by atoms with Crippen LogP contribution in [0.25, 0.3) is 0 Å². The van der Waals surface area contributed by atoms with E-state index in [9.17, 15) is 4.79 Å². The average molecular weight is 142 g/mol. The normalized spacial score (nSPS) is 10.8. The van der Waals surface area contributed by atoms with E-state index in [4.69, 9.17) is 4.74 Å². The minimum Gasteiger partial charge on any atom is -0.485 e. The Bertz CT molecular complexity index is 151. The van der Waals surface area contributed by atoms with E-state index >= 15 is 0 Å². The van der Waals surface area contributed by atoms with Gasteiger partial charge in [0.05, 0.1) is 0 Å². The summed E-state index contributed by atoms with van der Waals surface area (Å²) in [6.45, 7) is 10.5. The van der Waals surface area contributed by atoms with Gasteiger partial charge in [-0.1, -0.05) is 6.58 Å². The SMILES string of the molecule is C=C(OC(C)(C)C)C(C)=O. The maximum absolute atomic E-state index is 10.6.